The third-order valence-corrected chi connectivity index (χ3v) is 3.03. The number of hydrogen-bond donors (Lipinski definition) is 1. The molecule has 2 heteroatoms. The van der Waals surface area contributed by atoms with Gasteiger partial charge in [0.15, 0.2) is 0 Å². The molecule has 0 heterocycles. The van der Waals surface area contributed by atoms with Crippen LogP contribution in [0.25, 0.3) is 0 Å². The molecule has 20 heavy (non-hydrogen) atoms. The molecule has 0 radical (unpaired) electrons. The van der Waals surface area contributed by atoms with Crippen LogP contribution in [0.3, 0.4) is 0 Å². The van der Waals surface area contributed by atoms with Gasteiger partial charge in [-0.15, -0.1) is 0 Å². The lowest BCUT2D eigenvalue weighted by Gasteiger charge is -1.93. The van der Waals surface area contributed by atoms with Crippen molar-refractivity contribution >= 4 is 5.97 Å². The predicted octanol–water partition coefficient (Wildman–Crippen LogP) is 5.66. The summed E-state index contributed by atoms with van der Waals surface area (Å²) in [4.78, 5) is 10.3. The lowest BCUT2D eigenvalue weighted by Crippen LogP contribution is -1.89. The van der Waals surface area contributed by atoms with Crippen LogP contribution in [0.2, 0.25) is 0 Å². The minimum absolute atomic E-state index is 0.143. The maximum absolute atomic E-state index is 10.3. The van der Waals surface area contributed by atoms with Gasteiger partial charge in [0, 0.05) is 0 Å². The summed E-state index contributed by atoms with van der Waals surface area (Å²) in [6.45, 7) is 2.23. The highest BCUT2D eigenvalue weighted by atomic mass is 16.4. The predicted molar refractivity (Wildman–Crippen MR) is 86.9 cm³/mol. The highest BCUT2D eigenvalue weighted by Gasteiger charge is 1.89. The van der Waals surface area contributed by atoms with E-state index in [1.165, 1.54) is 32.1 Å². The minimum atomic E-state index is -0.757. The van der Waals surface area contributed by atoms with Gasteiger partial charge in [0.1, 0.15) is 0 Å². The van der Waals surface area contributed by atoms with Crippen LogP contribution in [0.1, 0.15) is 71.1 Å². The van der Waals surface area contributed by atoms with E-state index in [0.717, 1.165) is 25.7 Å². The molecule has 0 aliphatic carbocycles. The summed E-state index contributed by atoms with van der Waals surface area (Å²) in [5, 5.41) is 8.45. The Morgan fingerprint density at radius 1 is 0.800 bits per heavy atom. The fourth-order valence-electron chi connectivity index (χ4n) is 1.85. The molecule has 0 aliphatic rings. The number of carboxylic acids is 1. The Labute approximate surface area is 124 Å². The third-order valence-electron chi connectivity index (χ3n) is 3.03. The zero-order chi connectivity index (χ0) is 14.9. The Bertz CT molecular complexity index is 301. The number of rotatable bonds is 13. The molecule has 0 aromatic carbocycles. The summed E-state index contributed by atoms with van der Waals surface area (Å²) in [6, 6.07) is 0. The van der Waals surface area contributed by atoms with E-state index in [2.05, 4.69) is 31.2 Å². The molecule has 114 valence electrons. The van der Waals surface area contributed by atoms with Gasteiger partial charge < -0.3 is 5.11 Å². The largest absolute Gasteiger partial charge is 0.481 e. The van der Waals surface area contributed by atoms with E-state index in [-0.39, 0.29) is 6.42 Å². The molecule has 0 spiro atoms. The first-order valence-corrected chi connectivity index (χ1v) is 7.94. The van der Waals surface area contributed by atoms with E-state index < -0.39 is 5.97 Å². The summed E-state index contributed by atoms with van der Waals surface area (Å²) >= 11 is 0. The average Bonchev–Trinajstić information content (AvgIpc) is 2.43. The van der Waals surface area contributed by atoms with E-state index in [1.807, 2.05) is 6.08 Å². The lowest BCUT2D eigenvalue weighted by molar-refractivity contribution is -0.136. The van der Waals surface area contributed by atoms with Crippen LogP contribution < -0.4 is 0 Å². The number of aliphatic carboxylic acids is 1. The number of hydrogen-bond acceptors (Lipinski definition) is 1. The van der Waals surface area contributed by atoms with E-state index >= 15 is 0 Å². The van der Waals surface area contributed by atoms with Crippen LogP contribution in [0, 0.1) is 0 Å². The SMILES string of the molecule is CCCCC/C=C\C/C=C\CCCC/C=C\CC(=O)O. The molecule has 0 aromatic rings. The van der Waals surface area contributed by atoms with Gasteiger partial charge in [-0.05, 0) is 44.9 Å². The molecular weight excluding hydrogens is 248 g/mol. The maximum atomic E-state index is 10.3. The van der Waals surface area contributed by atoms with Gasteiger partial charge in [-0.25, -0.2) is 0 Å². The quantitative estimate of drug-likeness (QED) is 0.348. The van der Waals surface area contributed by atoms with Crippen LogP contribution in [-0.4, -0.2) is 11.1 Å². The highest BCUT2D eigenvalue weighted by molar-refractivity contribution is 5.68. The first-order valence-electron chi connectivity index (χ1n) is 7.94. The van der Waals surface area contributed by atoms with E-state index in [9.17, 15) is 4.79 Å². The van der Waals surface area contributed by atoms with Crippen molar-refractivity contribution in [3.63, 3.8) is 0 Å². The maximum Gasteiger partial charge on any atom is 0.307 e. The summed E-state index contributed by atoms with van der Waals surface area (Å²) in [5.74, 6) is -0.757. The van der Waals surface area contributed by atoms with Crippen molar-refractivity contribution in [2.45, 2.75) is 71.1 Å². The van der Waals surface area contributed by atoms with Crippen molar-refractivity contribution < 1.29 is 9.90 Å². The van der Waals surface area contributed by atoms with Crippen LogP contribution in [-0.2, 0) is 4.79 Å². The first kappa shape index (κ1) is 18.7. The van der Waals surface area contributed by atoms with Gasteiger partial charge in [0.25, 0.3) is 0 Å². The van der Waals surface area contributed by atoms with Crippen molar-refractivity contribution in [2.24, 2.45) is 0 Å². The van der Waals surface area contributed by atoms with Crippen molar-refractivity contribution in [1.29, 1.82) is 0 Å². The molecule has 0 aliphatic heterocycles. The number of unbranched alkanes of at least 4 members (excludes halogenated alkanes) is 6. The van der Waals surface area contributed by atoms with Crippen molar-refractivity contribution in [3.05, 3.63) is 36.5 Å². The van der Waals surface area contributed by atoms with Crippen LogP contribution >= 0.6 is 0 Å². The van der Waals surface area contributed by atoms with Crippen LogP contribution in [0.15, 0.2) is 36.5 Å². The number of carboxylic acid groups (broad SMARTS) is 1. The van der Waals surface area contributed by atoms with Gasteiger partial charge in [0.05, 0.1) is 6.42 Å². The molecule has 1 N–H and O–H groups in total. The third kappa shape index (κ3) is 16.7. The monoisotopic (exact) mass is 278 g/mol. The van der Waals surface area contributed by atoms with Crippen LogP contribution in [0.4, 0.5) is 0 Å². The van der Waals surface area contributed by atoms with E-state index in [0.29, 0.717) is 0 Å². The molecule has 0 saturated carbocycles. The second kappa shape index (κ2) is 15.7. The smallest absolute Gasteiger partial charge is 0.307 e. The van der Waals surface area contributed by atoms with Crippen molar-refractivity contribution in [3.8, 4) is 0 Å². The molecule has 0 unspecified atom stereocenters. The van der Waals surface area contributed by atoms with Crippen molar-refractivity contribution in [2.75, 3.05) is 0 Å². The Kier molecular flexibility index (Phi) is 14.7. The zero-order valence-electron chi connectivity index (χ0n) is 12.9. The standard InChI is InChI=1S/C18H30O2/c1-2-3-4-5-6-7-8-9-10-11-12-13-14-15-16-17-18(19)20/h6-7,9-10,15-16H,2-5,8,11-14,17H2,1H3,(H,19,20)/b7-6-,10-9-,16-15-. The molecule has 0 saturated heterocycles. The first-order chi connectivity index (χ1) is 9.77. The molecule has 0 aromatic heterocycles. The summed E-state index contributed by atoms with van der Waals surface area (Å²) in [5.41, 5.74) is 0. The van der Waals surface area contributed by atoms with E-state index in [4.69, 9.17) is 5.11 Å². The van der Waals surface area contributed by atoms with Crippen molar-refractivity contribution in [1.82, 2.24) is 0 Å². The number of carbonyl (C=O) groups is 1. The second-order valence-electron chi connectivity index (χ2n) is 5.03. The Morgan fingerprint density at radius 3 is 1.80 bits per heavy atom. The van der Waals surface area contributed by atoms with Gasteiger partial charge >= 0.3 is 5.97 Å². The molecule has 0 amide bonds. The molecule has 0 fully saturated rings. The molecule has 2 nitrogen and oxygen atoms in total. The van der Waals surface area contributed by atoms with Crippen LogP contribution in [0.5, 0.6) is 0 Å². The lowest BCUT2D eigenvalue weighted by atomic mass is 10.1. The summed E-state index contributed by atoms with van der Waals surface area (Å²) in [7, 11) is 0. The summed E-state index contributed by atoms with van der Waals surface area (Å²) in [6.07, 6.45) is 23.5. The highest BCUT2D eigenvalue weighted by Crippen LogP contribution is 2.04. The minimum Gasteiger partial charge on any atom is -0.481 e. The number of allylic oxidation sites excluding steroid dienone is 5. The van der Waals surface area contributed by atoms with E-state index in [1.54, 1.807) is 6.08 Å². The zero-order valence-corrected chi connectivity index (χ0v) is 12.9. The Hall–Kier alpha value is -1.31. The molecule has 0 rings (SSSR count). The van der Waals surface area contributed by atoms with Gasteiger partial charge in [0.2, 0.25) is 0 Å². The second-order valence-corrected chi connectivity index (χ2v) is 5.03. The average molecular weight is 278 g/mol. The van der Waals surface area contributed by atoms with Gasteiger partial charge in [-0.1, -0.05) is 56.2 Å². The Balaban J connectivity index is 3.27. The normalized spacial score (nSPS) is 12.1. The Morgan fingerprint density at radius 2 is 1.30 bits per heavy atom. The van der Waals surface area contributed by atoms with Gasteiger partial charge in [-0.2, -0.15) is 0 Å². The molecule has 0 atom stereocenters. The molecular formula is C18H30O2. The van der Waals surface area contributed by atoms with Gasteiger partial charge in [-0.3, -0.25) is 4.79 Å². The fourth-order valence-corrected chi connectivity index (χ4v) is 1.85. The fraction of sp³-hybridized carbons (Fsp3) is 0.611. The molecule has 0 bridgehead atoms. The summed E-state index contributed by atoms with van der Waals surface area (Å²) < 4.78 is 0. The topological polar surface area (TPSA) is 37.3 Å².